The lowest BCUT2D eigenvalue weighted by molar-refractivity contribution is -0.159. The molecule has 0 bridgehead atoms. The van der Waals surface area contributed by atoms with Crippen LogP contribution in [0.1, 0.15) is 17.0 Å². The van der Waals surface area contributed by atoms with Gasteiger partial charge >= 0.3 is 18.2 Å². The Balaban J connectivity index is 1.59. The van der Waals surface area contributed by atoms with E-state index in [2.05, 4.69) is 34.9 Å². The van der Waals surface area contributed by atoms with Gasteiger partial charge in [0.25, 0.3) is 0 Å². The number of rotatable bonds is 4. The average molecular weight is 380 g/mol. The molecule has 140 valence electrons. The summed E-state index contributed by atoms with van der Waals surface area (Å²) in [5.41, 5.74) is 1.60. The number of aryl methyl sites for hydroxylation is 1. The second-order valence-corrected chi connectivity index (χ2v) is 5.21. The predicted octanol–water partition coefficient (Wildman–Crippen LogP) is 3.00. The Labute approximate surface area is 149 Å². The molecule has 12 heteroatoms. The highest BCUT2D eigenvalue weighted by atomic mass is 19.4. The molecule has 0 aliphatic heterocycles. The van der Waals surface area contributed by atoms with Gasteiger partial charge in [-0.15, -0.1) is 0 Å². The molecular formula is C15H11F3N6O3. The zero-order chi connectivity index (χ0) is 19.4. The van der Waals surface area contributed by atoms with Crippen LogP contribution in [0.2, 0.25) is 0 Å². The molecule has 0 radical (unpaired) electrons. The normalized spacial score (nSPS) is 11.3. The molecule has 0 aliphatic carbocycles. The van der Waals surface area contributed by atoms with Crippen molar-refractivity contribution in [1.82, 2.24) is 25.1 Å². The molecule has 9 nitrogen and oxygen atoms in total. The molecule has 3 heterocycles. The largest absolute Gasteiger partial charge is 0.471 e. The first-order valence-corrected chi connectivity index (χ1v) is 7.39. The van der Waals surface area contributed by atoms with Crippen LogP contribution < -0.4 is 5.32 Å². The standard InChI is InChI=1S/C15H11F3N6O3/c1-8-2-3-19-4-9(8)7-26-14(25)22-11-6-20-10(5-21-11)12-23-13(27-24-12)15(16,17)18/h2-6H,7H2,1H3,(H,21,22,25). The van der Waals surface area contributed by atoms with Gasteiger partial charge in [-0.05, 0) is 18.6 Å². The van der Waals surface area contributed by atoms with E-state index in [0.717, 1.165) is 23.5 Å². The smallest absolute Gasteiger partial charge is 0.444 e. The van der Waals surface area contributed by atoms with Gasteiger partial charge in [-0.3, -0.25) is 10.3 Å². The van der Waals surface area contributed by atoms with Gasteiger partial charge in [-0.2, -0.15) is 18.2 Å². The van der Waals surface area contributed by atoms with Gasteiger partial charge in [0.05, 0.1) is 12.4 Å². The van der Waals surface area contributed by atoms with E-state index in [1.807, 2.05) is 6.92 Å². The molecule has 3 aromatic rings. The van der Waals surface area contributed by atoms with E-state index >= 15 is 0 Å². The first kappa shape index (κ1) is 18.2. The van der Waals surface area contributed by atoms with Crippen molar-refractivity contribution in [3.05, 3.63) is 47.9 Å². The Hall–Kier alpha value is -3.57. The number of anilines is 1. The minimum atomic E-state index is -4.75. The van der Waals surface area contributed by atoms with Crippen molar-refractivity contribution in [2.75, 3.05) is 5.32 Å². The third-order valence-corrected chi connectivity index (χ3v) is 3.29. The van der Waals surface area contributed by atoms with Crippen molar-refractivity contribution < 1.29 is 27.2 Å². The summed E-state index contributed by atoms with van der Waals surface area (Å²) in [5, 5.41) is 5.53. The molecule has 0 aliphatic rings. The van der Waals surface area contributed by atoms with Crippen molar-refractivity contribution in [3.63, 3.8) is 0 Å². The van der Waals surface area contributed by atoms with Crippen LogP contribution in [0.5, 0.6) is 0 Å². The zero-order valence-corrected chi connectivity index (χ0v) is 13.7. The van der Waals surface area contributed by atoms with Crippen molar-refractivity contribution >= 4 is 11.9 Å². The van der Waals surface area contributed by atoms with Crippen LogP contribution in [0.15, 0.2) is 35.4 Å². The van der Waals surface area contributed by atoms with E-state index in [4.69, 9.17) is 4.74 Å². The summed E-state index contributed by atoms with van der Waals surface area (Å²) in [6.07, 6.45) is -0.119. The number of halogens is 3. The van der Waals surface area contributed by atoms with E-state index < -0.39 is 18.2 Å². The van der Waals surface area contributed by atoms with Gasteiger partial charge in [-0.1, -0.05) is 5.16 Å². The number of pyridine rings is 1. The van der Waals surface area contributed by atoms with E-state index in [1.165, 1.54) is 0 Å². The third-order valence-electron chi connectivity index (χ3n) is 3.29. The lowest BCUT2D eigenvalue weighted by Gasteiger charge is -2.07. The molecule has 0 aromatic carbocycles. The van der Waals surface area contributed by atoms with Crippen molar-refractivity contribution in [2.45, 2.75) is 19.7 Å². The van der Waals surface area contributed by atoms with Gasteiger partial charge in [0.1, 0.15) is 12.3 Å². The highest BCUT2D eigenvalue weighted by molar-refractivity contribution is 5.83. The average Bonchev–Trinajstić information content (AvgIpc) is 3.12. The molecule has 0 saturated carbocycles. The molecule has 0 spiro atoms. The molecule has 0 unspecified atom stereocenters. The fourth-order valence-corrected chi connectivity index (χ4v) is 1.88. The number of amides is 1. The monoisotopic (exact) mass is 380 g/mol. The molecule has 1 N–H and O–H groups in total. The molecule has 0 saturated heterocycles. The van der Waals surface area contributed by atoms with E-state index in [0.29, 0.717) is 0 Å². The van der Waals surface area contributed by atoms with Gasteiger partial charge in [0.15, 0.2) is 5.82 Å². The van der Waals surface area contributed by atoms with Crippen LogP contribution in [0.3, 0.4) is 0 Å². The maximum Gasteiger partial charge on any atom is 0.471 e. The fourth-order valence-electron chi connectivity index (χ4n) is 1.88. The van der Waals surface area contributed by atoms with Gasteiger partial charge in [0, 0.05) is 18.0 Å². The first-order valence-electron chi connectivity index (χ1n) is 7.39. The number of hydrogen-bond donors (Lipinski definition) is 1. The van der Waals surface area contributed by atoms with E-state index in [9.17, 15) is 18.0 Å². The third kappa shape index (κ3) is 4.54. The quantitative estimate of drug-likeness (QED) is 0.734. The molecule has 0 atom stereocenters. The maximum atomic E-state index is 12.4. The minimum absolute atomic E-state index is 0.0140. The lowest BCUT2D eigenvalue weighted by atomic mass is 10.2. The molecule has 0 fully saturated rings. The molecular weight excluding hydrogens is 369 g/mol. The highest BCUT2D eigenvalue weighted by Crippen LogP contribution is 2.28. The summed E-state index contributed by atoms with van der Waals surface area (Å²) in [4.78, 5) is 26.6. The number of ether oxygens (including phenoxy) is 1. The summed E-state index contributed by atoms with van der Waals surface area (Å²) in [6.45, 7) is 1.87. The molecule has 3 aromatic heterocycles. The van der Waals surface area contributed by atoms with Gasteiger partial charge in [-0.25, -0.2) is 14.8 Å². The Morgan fingerprint density at radius 1 is 1.26 bits per heavy atom. The molecule has 1 amide bonds. The van der Waals surface area contributed by atoms with Crippen LogP contribution in [0.4, 0.5) is 23.8 Å². The van der Waals surface area contributed by atoms with Crippen molar-refractivity contribution in [1.29, 1.82) is 0 Å². The van der Waals surface area contributed by atoms with Gasteiger partial charge in [0.2, 0.25) is 5.82 Å². The molecule has 27 heavy (non-hydrogen) atoms. The Morgan fingerprint density at radius 2 is 2.07 bits per heavy atom. The topological polar surface area (TPSA) is 116 Å². The Bertz CT molecular complexity index is 942. The number of nitrogens with zero attached hydrogens (tertiary/aromatic N) is 5. The summed E-state index contributed by atoms with van der Waals surface area (Å²) in [6, 6.07) is 1.78. The van der Waals surface area contributed by atoms with Crippen molar-refractivity contribution in [2.24, 2.45) is 0 Å². The van der Waals surface area contributed by atoms with Crippen LogP contribution in [-0.2, 0) is 17.5 Å². The number of alkyl halides is 3. The van der Waals surface area contributed by atoms with Crippen molar-refractivity contribution in [3.8, 4) is 11.5 Å². The van der Waals surface area contributed by atoms with E-state index in [1.54, 1.807) is 18.5 Å². The maximum absolute atomic E-state index is 12.4. The Kier molecular flexibility index (Phi) is 4.96. The first-order chi connectivity index (χ1) is 12.8. The number of nitrogens with one attached hydrogen (secondary N) is 1. The second kappa shape index (κ2) is 7.35. The van der Waals surface area contributed by atoms with Crippen LogP contribution in [-0.4, -0.2) is 31.2 Å². The second-order valence-electron chi connectivity index (χ2n) is 5.21. The van der Waals surface area contributed by atoms with Gasteiger partial charge < -0.3 is 9.26 Å². The minimum Gasteiger partial charge on any atom is -0.444 e. The number of carbonyl (C=O) groups is 1. The van der Waals surface area contributed by atoms with Crippen LogP contribution >= 0.6 is 0 Å². The fraction of sp³-hybridized carbons (Fsp3) is 0.200. The molecule has 3 rings (SSSR count). The lowest BCUT2D eigenvalue weighted by Crippen LogP contribution is -2.15. The van der Waals surface area contributed by atoms with Crippen LogP contribution in [0, 0.1) is 6.92 Å². The summed E-state index contributed by atoms with van der Waals surface area (Å²) in [5.74, 6) is -1.84. The zero-order valence-electron chi connectivity index (χ0n) is 13.7. The summed E-state index contributed by atoms with van der Waals surface area (Å²) < 4.78 is 46.5. The van der Waals surface area contributed by atoms with E-state index in [-0.39, 0.29) is 23.9 Å². The summed E-state index contributed by atoms with van der Waals surface area (Å²) >= 11 is 0. The number of aromatic nitrogens is 5. The van der Waals surface area contributed by atoms with Crippen LogP contribution in [0.25, 0.3) is 11.5 Å². The SMILES string of the molecule is Cc1ccncc1COC(=O)Nc1cnc(-c2noc(C(F)(F)F)n2)cn1. The number of hydrogen-bond acceptors (Lipinski definition) is 8. The number of carbonyl (C=O) groups excluding carboxylic acids is 1. The highest BCUT2D eigenvalue weighted by Gasteiger charge is 2.38. The summed E-state index contributed by atoms with van der Waals surface area (Å²) in [7, 11) is 0. The predicted molar refractivity (Wildman–Crippen MR) is 83.1 cm³/mol. The Morgan fingerprint density at radius 3 is 2.70 bits per heavy atom.